The fourth-order valence-corrected chi connectivity index (χ4v) is 3.13. The Morgan fingerprint density at radius 1 is 1.12 bits per heavy atom. The van der Waals surface area contributed by atoms with E-state index in [4.69, 9.17) is 11.6 Å². The highest BCUT2D eigenvalue weighted by atomic mass is 35.5. The zero-order chi connectivity index (χ0) is 11.6. The SMILES string of the molecule is O=S(=O)(c1ccc(Cl)cc1)N1CC=CCC1. The van der Waals surface area contributed by atoms with Crippen molar-refractivity contribution in [2.45, 2.75) is 11.3 Å². The number of benzene rings is 1. The van der Waals surface area contributed by atoms with Crippen LogP contribution in [0.25, 0.3) is 0 Å². The Bertz CT molecular complexity index is 493. The normalized spacial score (nSPS) is 17.6. The number of nitrogens with zero attached hydrogens (tertiary/aromatic N) is 1. The Hall–Kier alpha value is -0.840. The largest absolute Gasteiger partial charge is 0.243 e. The standard InChI is InChI=1S/C11H12ClNO2S/c12-10-4-6-11(7-5-10)16(14,15)13-8-2-1-3-9-13/h1-2,4-7H,3,8-9H2. The van der Waals surface area contributed by atoms with E-state index in [2.05, 4.69) is 0 Å². The molecule has 1 aliphatic rings. The van der Waals surface area contributed by atoms with Crippen LogP contribution in [0, 0.1) is 0 Å². The molecule has 1 aromatic rings. The van der Waals surface area contributed by atoms with Gasteiger partial charge in [-0.15, -0.1) is 0 Å². The van der Waals surface area contributed by atoms with Gasteiger partial charge in [0.05, 0.1) is 4.90 Å². The molecular weight excluding hydrogens is 246 g/mol. The summed E-state index contributed by atoms with van der Waals surface area (Å²) in [5.74, 6) is 0. The van der Waals surface area contributed by atoms with Crippen LogP contribution in [-0.4, -0.2) is 25.8 Å². The molecule has 0 aromatic heterocycles. The Morgan fingerprint density at radius 3 is 2.38 bits per heavy atom. The first-order chi connectivity index (χ1) is 7.60. The maximum absolute atomic E-state index is 12.1. The van der Waals surface area contributed by atoms with Gasteiger partial charge >= 0.3 is 0 Å². The molecule has 5 heteroatoms. The molecule has 3 nitrogen and oxygen atoms in total. The number of sulfonamides is 1. The van der Waals surface area contributed by atoms with E-state index < -0.39 is 10.0 Å². The van der Waals surface area contributed by atoms with E-state index >= 15 is 0 Å². The van der Waals surface area contributed by atoms with Crippen molar-refractivity contribution >= 4 is 21.6 Å². The highest BCUT2D eigenvalue weighted by molar-refractivity contribution is 7.89. The number of halogens is 1. The van der Waals surface area contributed by atoms with Crippen molar-refractivity contribution in [3.8, 4) is 0 Å². The van der Waals surface area contributed by atoms with Crippen molar-refractivity contribution in [2.75, 3.05) is 13.1 Å². The van der Waals surface area contributed by atoms with Crippen LogP contribution in [0.2, 0.25) is 5.02 Å². The van der Waals surface area contributed by atoms with Crippen molar-refractivity contribution in [3.05, 3.63) is 41.4 Å². The minimum absolute atomic E-state index is 0.298. The molecule has 0 unspecified atom stereocenters. The van der Waals surface area contributed by atoms with E-state index in [1.807, 2.05) is 12.2 Å². The number of rotatable bonds is 2. The summed E-state index contributed by atoms with van der Waals surface area (Å²) in [5.41, 5.74) is 0. The topological polar surface area (TPSA) is 37.4 Å². The first-order valence-corrected chi connectivity index (χ1v) is 6.83. The van der Waals surface area contributed by atoms with Crippen LogP contribution in [0.1, 0.15) is 6.42 Å². The molecule has 0 atom stereocenters. The van der Waals surface area contributed by atoms with Crippen LogP contribution < -0.4 is 0 Å². The van der Waals surface area contributed by atoms with Gasteiger partial charge in [0.2, 0.25) is 10.0 Å². The first kappa shape index (κ1) is 11.6. The molecule has 0 bridgehead atoms. The monoisotopic (exact) mass is 257 g/mol. The predicted molar refractivity (Wildman–Crippen MR) is 64.0 cm³/mol. The average Bonchev–Trinajstić information content (AvgIpc) is 2.31. The minimum Gasteiger partial charge on any atom is -0.207 e. The zero-order valence-electron chi connectivity index (χ0n) is 8.64. The molecular formula is C11H12ClNO2S. The van der Waals surface area contributed by atoms with E-state index in [-0.39, 0.29) is 0 Å². The number of hydrogen-bond donors (Lipinski definition) is 0. The van der Waals surface area contributed by atoms with E-state index in [0.29, 0.717) is 23.0 Å². The molecule has 0 saturated heterocycles. The van der Waals surface area contributed by atoms with E-state index in [1.54, 1.807) is 12.1 Å². The molecule has 1 aliphatic heterocycles. The third-order valence-corrected chi connectivity index (χ3v) is 4.60. The lowest BCUT2D eigenvalue weighted by molar-refractivity contribution is 0.437. The van der Waals surface area contributed by atoms with Crippen molar-refractivity contribution in [3.63, 3.8) is 0 Å². The van der Waals surface area contributed by atoms with Crippen LogP contribution in [0.4, 0.5) is 0 Å². The van der Waals surface area contributed by atoms with E-state index in [1.165, 1.54) is 16.4 Å². The Balaban J connectivity index is 2.31. The Morgan fingerprint density at radius 2 is 1.81 bits per heavy atom. The fraction of sp³-hybridized carbons (Fsp3) is 0.273. The summed E-state index contributed by atoms with van der Waals surface area (Å²) in [6.07, 6.45) is 4.64. The van der Waals surface area contributed by atoms with E-state index in [9.17, 15) is 8.42 Å². The maximum atomic E-state index is 12.1. The molecule has 0 radical (unpaired) electrons. The zero-order valence-corrected chi connectivity index (χ0v) is 10.2. The molecule has 2 rings (SSSR count). The van der Waals surface area contributed by atoms with Crippen LogP contribution in [0.15, 0.2) is 41.3 Å². The van der Waals surface area contributed by atoms with Gasteiger partial charge in [-0.3, -0.25) is 0 Å². The third kappa shape index (κ3) is 2.29. The lowest BCUT2D eigenvalue weighted by Crippen LogP contribution is -2.33. The molecule has 0 fully saturated rings. The lowest BCUT2D eigenvalue weighted by Gasteiger charge is -2.22. The molecule has 86 valence electrons. The Labute approximate surface area is 100 Å². The first-order valence-electron chi connectivity index (χ1n) is 5.01. The van der Waals surface area contributed by atoms with Gasteiger partial charge in [-0.05, 0) is 30.7 Å². The second-order valence-corrected chi connectivity index (χ2v) is 5.95. The fourth-order valence-electron chi connectivity index (χ4n) is 1.59. The van der Waals surface area contributed by atoms with Crippen molar-refractivity contribution in [2.24, 2.45) is 0 Å². The Kier molecular flexibility index (Phi) is 3.33. The van der Waals surface area contributed by atoms with Gasteiger partial charge in [-0.2, -0.15) is 4.31 Å². The van der Waals surface area contributed by atoms with Gasteiger partial charge in [0.15, 0.2) is 0 Å². The maximum Gasteiger partial charge on any atom is 0.243 e. The second-order valence-electron chi connectivity index (χ2n) is 3.58. The smallest absolute Gasteiger partial charge is 0.207 e. The van der Waals surface area contributed by atoms with Gasteiger partial charge in [0, 0.05) is 18.1 Å². The summed E-state index contributed by atoms with van der Waals surface area (Å²) in [6, 6.07) is 6.26. The van der Waals surface area contributed by atoms with Gasteiger partial charge in [-0.1, -0.05) is 23.8 Å². The molecule has 0 N–H and O–H groups in total. The summed E-state index contributed by atoms with van der Waals surface area (Å²) >= 11 is 5.73. The molecule has 0 saturated carbocycles. The molecule has 1 heterocycles. The summed E-state index contributed by atoms with van der Waals surface area (Å²) in [4.78, 5) is 0.298. The van der Waals surface area contributed by atoms with Gasteiger partial charge in [-0.25, -0.2) is 8.42 Å². The molecule has 1 aromatic carbocycles. The second kappa shape index (κ2) is 4.57. The van der Waals surface area contributed by atoms with Gasteiger partial charge in [0.1, 0.15) is 0 Å². The quantitative estimate of drug-likeness (QED) is 0.763. The predicted octanol–water partition coefficient (Wildman–Crippen LogP) is 2.29. The van der Waals surface area contributed by atoms with Crippen molar-refractivity contribution < 1.29 is 8.42 Å². The summed E-state index contributed by atoms with van der Waals surface area (Å²) in [6.45, 7) is 0.992. The van der Waals surface area contributed by atoms with Gasteiger partial charge < -0.3 is 0 Å². The average molecular weight is 258 g/mol. The molecule has 16 heavy (non-hydrogen) atoms. The third-order valence-electron chi connectivity index (χ3n) is 2.47. The summed E-state index contributed by atoms with van der Waals surface area (Å²) in [5, 5.41) is 0.539. The van der Waals surface area contributed by atoms with Crippen LogP contribution in [0.5, 0.6) is 0 Å². The van der Waals surface area contributed by atoms with Crippen molar-refractivity contribution in [1.82, 2.24) is 4.31 Å². The molecule has 0 spiro atoms. The molecule has 0 amide bonds. The van der Waals surface area contributed by atoms with E-state index in [0.717, 1.165) is 6.42 Å². The minimum atomic E-state index is -3.36. The summed E-state index contributed by atoms with van der Waals surface area (Å²) in [7, 11) is -3.36. The van der Waals surface area contributed by atoms with Crippen LogP contribution in [0.3, 0.4) is 0 Å². The highest BCUT2D eigenvalue weighted by Gasteiger charge is 2.23. The van der Waals surface area contributed by atoms with Gasteiger partial charge in [0.25, 0.3) is 0 Å². The highest BCUT2D eigenvalue weighted by Crippen LogP contribution is 2.19. The van der Waals surface area contributed by atoms with Crippen LogP contribution >= 0.6 is 11.6 Å². The van der Waals surface area contributed by atoms with Crippen LogP contribution in [-0.2, 0) is 10.0 Å². The number of hydrogen-bond acceptors (Lipinski definition) is 2. The lowest BCUT2D eigenvalue weighted by atomic mass is 10.3. The molecule has 0 aliphatic carbocycles. The van der Waals surface area contributed by atoms with Crippen molar-refractivity contribution in [1.29, 1.82) is 0 Å². The summed E-state index contributed by atoms with van der Waals surface area (Å²) < 4.78 is 25.8.